The Labute approximate surface area is 196 Å². The maximum atomic E-state index is 13.4. The van der Waals surface area contributed by atoms with E-state index in [0.29, 0.717) is 62.6 Å². The maximum Gasteiger partial charge on any atom is 0.298 e. The van der Waals surface area contributed by atoms with Crippen LogP contribution >= 0.6 is 0 Å². The zero-order valence-electron chi connectivity index (χ0n) is 18.2. The number of hydrogen-bond acceptors (Lipinski definition) is 7. The summed E-state index contributed by atoms with van der Waals surface area (Å²) in [5.74, 6) is 0.177. The van der Waals surface area contributed by atoms with E-state index in [1.807, 2.05) is 12.1 Å². The molecule has 0 amide bonds. The molecule has 0 spiro atoms. The number of carbonyl (C=O) groups is 1. The fraction of sp³-hybridized carbons (Fsp3) is 0.125. The molecule has 0 saturated carbocycles. The lowest BCUT2D eigenvalue weighted by Gasteiger charge is -2.22. The van der Waals surface area contributed by atoms with Crippen LogP contribution in [0.4, 0.5) is 11.4 Å². The Morgan fingerprint density at radius 3 is 2.32 bits per heavy atom. The summed E-state index contributed by atoms with van der Waals surface area (Å²) in [7, 11) is -2.44. The number of hydrogen-bond donors (Lipinski definition) is 4. The molecule has 172 valence electrons. The van der Waals surface area contributed by atoms with Gasteiger partial charge in [0.2, 0.25) is 0 Å². The molecular weight excluding hydrogens is 454 g/mol. The molecule has 1 heterocycles. The van der Waals surface area contributed by atoms with Gasteiger partial charge in [-0.1, -0.05) is 36.4 Å². The summed E-state index contributed by atoms with van der Waals surface area (Å²) in [6.45, 7) is 0.213. The van der Waals surface area contributed by atoms with Gasteiger partial charge in [0, 0.05) is 41.4 Å². The molecule has 34 heavy (non-hydrogen) atoms. The van der Waals surface area contributed by atoms with Crippen LogP contribution in [0.25, 0.3) is 33.5 Å². The maximum absolute atomic E-state index is 13.4. The number of fused-ring (bicyclic) bond motifs is 2. The van der Waals surface area contributed by atoms with E-state index < -0.39 is 10.2 Å². The second-order valence-electron chi connectivity index (χ2n) is 7.66. The molecule has 0 radical (unpaired) electrons. The van der Waals surface area contributed by atoms with Crippen LogP contribution in [-0.4, -0.2) is 49.5 Å². The van der Waals surface area contributed by atoms with Gasteiger partial charge in [-0.25, -0.2) is 14.7 Å². The van der Waals surface area contributed by atoms with Crippen molar-refractivity contribution in [1.82, 2.24) is 14.7 Å². The average Bonchev–Trinajstić information content (AvgIpc) is 2.85. The number of aliphatic hydroxyl groups is 1. The number of rotatable bonds is 7. The van der Waals surface area contributed by atoms with Crippen LogP contribution in [0.5, 0.6) is 0 Å². The van der Waals surface area contributed by atoms with E-state index in [4.69, 9.17) is 9.97 Å². The summed E-state index contributed by atoms with van der Waals surface area (Å²) in [6, 6.07) is 17.6. The SMILES string of the molecule is CNS(=O)(=O)Nc1ccccc1-c1nc2c3c(c(NCCO)ccc3n1)C(=O)c1ccccc1-2. The molecule has 10 heteroatoms. The van der Waals surface area contributed by atoms with Crippen LogP contribution in [-0.2, 0) is 10.2 Å². The number of carbonyl (C=O) groups excluding carboxylic acids is 1. The van der Waals surface area contributed by atoms with Crippen molar-refractivity contribution in [3.63, 3.8) is 0 Å². The van der Waals surface area contributed by atoms with Crippen LogP contribution < -0.4 is 14.8 Å². The second kappa shape index (κ2) is 8.49. The Hall–Kier alpha value is -3.86. The molecule has 5 rings (SSSR count). The third-order valence-electron chi connectivity index (χ3n) is 5.63. The van der Waals surface area contributed by atoms with Gasteiger partial charge in [0.25, 0.3) is 10.2 Å². The molecule has 0 atom stereocenters. The standard InChI is InChI=1S/C24H21N5O4S/c1-25-34(32,33)29-17-9-5-4-8-16(17)24-27-19-11-10-18(26-12-13-30)21-20(19)22(28-24)14-6-2-3-7-15(14)23(21)31/h2-11,25-26,29-30H,12-13H2,1H3. The van der Waals surface area contributed by atoms with Gasteiger partial charge >= 0.3 is 0 Å². The first-order valence-corrected chi connectivity index (χ1v) is 12.1. The summed E-state index contributed by atoms with van der Waals surface area (Å²) >= 11 is 0. The van der Waals surface area contributed by atoms with Crippen LogP contribution in [0.15, 0.2) is 60.7 Å². The van der Waals surface area contributed by atoms with Gasteiger partial charge in [0.1, 0.15) is 0 Å². The van der Waals surface area contributed by atoms with Gasteiger partial charge < -0.3 is 10.4 Å². The van der Waals surface area contributed by atoms with Crippen LogP contribution in [0.1, 0.15) is 15.9 Å². The first-order chi connectivity index (χ1) is 16.4. The molecule has 1 aliphatic carbocycles. The number of nitrogens with zero attached hydrogens (tertiary/aromatic N) is 2. The molecule has 0 bridgehead atoms. The number of aromatic nitrogens is 2. The molecule has 4 N–H and O–H groups in total. The highest BCUT2D eigenvalue weighted by Crippen LogP contribution is 2.42. The van der Waals surface area contributed by atoms with Crippen molar-refractivity contribution in [3.05, 3.63) is 71.8 Å². The predicted octanol–water partition coefficient (Wildman–Crippen LogP) is 2.79. The fourth-order valence-electron chi connectivity index (χ4n) is 4.10. The van der Waals surface area contributed by atoms with Crippen molar-refractivity contribution in [3.8, 4) is 22.6 Å². The highest BCUT2D eigenvalue weighted by Gasteiger charge is 2.30. The van der Waals surface area contributed by atoms with Gasteiger partial charge in [-0.2, -0.15) is 8.42 Å². The van der Waals surface area contributed by atoms with E-state index in [1.54, 1.807) is 48.5 Å². The van der Waals surface area contributed by atoms with E-state index in [-0.39, 0.29) is 12.4 Å². The third-order valence-corrected chi connectivity index (χ3v) is 6.65. The zero-order chi connectivity index (χ0) is 23.9. The number of benzene rings is 3. The van der Waals surface area contributed by atoms with Gasteiger partial charge in [-0.15, -0.1) is 0 Å². The fourth-order valence-corrected chi connectivity index (χ4v) is 4.67. The minimum Gasteiger partial charge on any atom is -0.395 e. The molecule has 9 nitrogen and oxygen atoms in total. The minimum atomic E-state index is -3.76. The lowest BCUT2D eigenvalue weighted by molar-refractivity contribution is 0.104. The largest absolute Gasteiger partial charge is 0.395 e. The Morgan fingerprint density at radius 1 is 0.882 bits per heavy atom. The molecule has 4 aromatic rings. The zero-order valence-corrected chi connectivity index (χ0v) is 19.0. The number of para-hydroxylation sites is 1. The van der Waals surface area contributed by atoms with Crippen LogP contribution in [0.3, 0.4) is 0 Å². The number of nitrogens with one attached hydrogen (secondary N) is 3. The first kappa shape index (κ1) is 22.0. The van der Waals surface area contributed by atoms with Crippen molar-refractivity contribution in [1.29, 1.82) is 0 Å². The van der Waals surface area contributed by atoms with Gasteiger partial charge in [-0.05, 0) is 24.3 Å². The Balaban J connectivity index is 1.79. The van der Waals surface area contributed by atoms with E-state index in [9.17, 15) is 18.3 Å². The molecule has 3 aromatic carbocycles. The second-order valence-corrected chi connectivity index (χ2v) is 9.28. The van der Waals surface area contributed by atoms with Crippen molar-refractivity contribution >= 4 is 38.3 Å². The Morgan fingerprint density at radius 2 is 1.59 bits per heavy atom. The minimum absolute atomic E-state index is 0.0795. The summed E-state index contributed by atoms with van der Waals surface area (Å²) in [5.41, 5.74) is 4.21. The molecule has 1 aliphatic rings. The van der Waals surface area contributed by atoms with E-state index in [0.717, 1.165) is 0 Å². The van der Waals surface area contributed by atoms with Crippen molar-refractivity contribution in [2.45, 2.75) is 0 Å². The van der Waals surface area contributed by atoms with Gasteiger partial charge in [0.15, 0.2) is 11.6 Å². The smallest absolute Gasteiger partial charge is 0.298 e. The molecule has 0 saturated heterocycles. The monoisotopic (exact) mass is 475 g/mol. The number of ketones is 1. The lowest BCUT2D eigenvalue weighted by atomic mass is 9.85. The summed E-state index contributed by atoms with van der Waals surface area (Å²) in [6.07, 6.45) is 0. The summed E-state index contributed by atoms with van der Waals surface area (Å²) in [5, 5.41) is 13.0. The molecule has 0 aliphatic heterocycles. The van der Waals surface area contributed by atoms with E-state index in [1.165, 1.54) is 7.05 Å². The van der Waals surface area contributed by atoms with E-state index >= 15 is 0 Å². The van der Waals surface area contributed by atoms with E-state index in [2.05, 4.69) is 14.8 Å². The summed E-state index contributed by atoms with van der Waals surface area (Å²) < 4.78 is 29.0. The normalized spacial score (nSPS) is 12.5. The molecule has 1 aromatic heterocycles. The highest BCUT2D eigenvalue weighted by molar-refractivity contribution is 7.90. The lowest BCUT2D eigenvalue weighted by Crippen LogP contribution is -2.26. The van der Waals surface area contributed by atoms with Gasteiger partial charge in [-0.3, -0.25) is 9.52 Å². The molecule has 0 unspecified atom stereocenters. The Bertz CT molecular complexity index is 1550. The first-order valence-electron chi connectivity index (χ1n) is 10.6. The summed E-state index contributed by atoms with van der Waals surface area (Å²) in [4.78, 5) is 23.0. The number of anilines is 2. The van der Waals surface area contributed by atoms with Gasteiger partial charge in [0.05, 0.1) is 29.1 Å². The topological polar surface area (TPSA) is 133 Å². The van der Waals surface area contributed by atoms with Crippen molar-refractivity contribution < 1.29 is 18.3 Å². The predicted molar refractivity (Wildman–Crippen MR) is 131 cm³/mol. The highest BCUT2D eigenvalue weighted by atomic mass is 32.2. The van der Waals surface area contributed by atoms with Crippen LogP contribution in [0.2, 0.25) is 0 Å². The Kier molecular flexibility index (Phi) is 5.48. The number of aliphatic hydroxyl groups excluding tert-OH is 1. The van der Waals surface area contributed by atoms with Crippen molar-refractivity contribution in [2.24, 2.45) is 0 Å². The van der Waals surface area contributed by atoms with Crippen molar-refractivity contribution in [2.75, 3.05) is 30.2 Å². The molecule has 0 fully saturated rings. The van der Waals surface area contributed by atoms with Crippen LogP contribution in [0, 0.1) is 0 Å². The third kappa shape index (κ3) is 3.67. The average molecular weight is 476 g/mol. The quantitative estimate of drug-likeness (QED) is 0.284. The molecular formula is C24H21N5O4S.